The summed E-state index contributed by atoms with van der Waals surface area (Å²) in [6.07, 6.45) is 0.575. The molecule has 0 bridgehead atoms. The number of rotatable bonds is 6. The molecule has 3 rings (SSSR count). The molecular formula is C23H30N2O4S. The van der Waals surface area contributed by atoms with Crippen LogP contribution in [-0.4, -0.2) is 56.9 Å². The van der Waals surface area contributed by atoms with E-state index in [4.69, 9.17) is 4.74 Å². The lowest BCUT2D eigenvalue weighted by atomic mass is 10.0. The SMILES string of the molecule is CCc1ccc(C(=O)N(C)Cc2ccc(C)cc2C)cc1S(=O)(=O)N1CCOCC1. The van der Waals surface area contributed by atoms with Crippen molar-refractivity contribution in [1.82, 2.24) is 9.21 Å². The first-order chi connectivity index (χ1) is 14.2. The van der Waals surface area contributed by atoms with Gasteiger partial charge in [0, 0.05) is 32.2 Å². The smallest absolute Gasteiger partial charge is 0.253 e. The lowest BCUT2D eigenvalue weighted by molar-refractivity contribution is 0.0729. The number of aryl methyl sites for hydroxylation is 3. The number of hydrogen-bond acceptors (Lipinski definition) is 4. The summed E-state index contributed by atoms with van der Waals surface area (Å²) in [7, 11) is -1.93. The molecule has 0 atom stereocenters. The topological polar surface area (TPSA) is 66.9 Å². The number of carbonyl (C=O) groups is 1. The standard InChI is InChI=1S/C23H30N2O4S/c1-5-19-8-9-20(15-22(19)30(27,28)25-10-12-29-13-11-25)23(26)24(4)16-21-7-6-17(2)14-18(21)3/h6-9,14-15H,5,10-13,16H2,1-4H3. The Morgan fingerprint density at radius 2 is 1.73 bits per heavy atom. The third kappa shape index (κ3) is 4.74. The van der Waals surface area contributed by atoms with Crippen LogP contribution in [0.1, 0.15) is 39.5 Å². The number of carbonyl (C=O) groups excluding carboxylic acids is 1. The molecule has 0 saturated carbocycles. The summed E-state index contributed by atoms with van der Waals surface area (Å²) >= 11 is 0. The summed E-state index contributed by atoms with van der Waals surface area (Å²) in [6, 6.07) is 11.2. The van der Waals surface area contributed by atoms with Crippen LogP contribution in [0.4, 0.5) is 0 Å². The summed E-state index contributed by atoms with van der Waals surface area (Å²) in [6.45, 7) is 7.89. The van der Waals surface area contributed by atoms with Gasteiger partial charge in [-0.15, -0.1) is 0 Å². The number of ether oxygens (including phenoxy) is 1. The van der Waals surface area contributed by atoms with E-state index in [-0.39, 0.29) is 10.8 Å². The van der Waals surface area contributed by atoms with Crippen LogP contribution in [0.3, 0.4) is 0 Å². The van der Waals surface area contributed by atoms with Gasteiger partial charge in [-0.2, -0.15) is 4.31 Å². The van der Waals surface area contributed by atoms with E-state index in [0.717, 1.165) is 16.7 Å². The van der Waals surface area contributed by atoms with Crippen molar-refractivity contribution in [3.05, 3.63) is 64.2 Å². The first-order valence-electron chi connectivity index (χ1n) is 10.3. The molecule has 7 heteroatoms. The van der Waals surface area contributed by atoms with E-state index < -0.39 is 10.0 Å². The van der Waals surface area contributed by atoms with E-state index in [9.17, 15) is 13.2 Å². The van der Waals surface area contributed by atoms with Gasteiger partial charge in [-0.3, -0.25) is 4.79 Å². The minimum Gasteiger partial charge on any atom is -0.379 e. The fourth-order valence-corrected chi connectivity index (χ4v) is 5.44. The Hall–Kier alpha value is -2.22. The van der Waals surface area contributed by atoms with Crippen LogP contribution >= 0.6 is 0 Å². The molecule has 1 saturated heterocycles. The molecule has 1 heterocycles. The molecule has 2 aromatic rings. The summed E-state index contributed by atoms with van der Waals surface area (Å²) in [5, 5.41) is 0. The number of benzene rings is 2. The second kappa shape index (κ2) is 9.29. The molecule has 1 aliphatic rings. The van der Waals surface area contributed by atoms with Gasteiger partial charge in [-0.25, -0.2) is 8.42 Å². The van der Waals surface area contributed by atoms with Crippen molar-refractivity contribution in [3.63, 3.8) is 0 Å². The highest BCUT2D eigenvalue weighted by molar-refractivity contribution is 7.89. The van der Waals surface area contributed by atoms with Crippen LogP contribution in [0.5, 0.6) is 0 Å². The second-order valence-electron chi connectivity index (χ2n) is 7.78. The van der Waals surface area contributed by atoms with Crippen molar-refractivity contribution >= 4 is 15.9 Å². The van der Waals surface area contributed by atoms with Gasteiger partial charge in [0.05, 0.1) is 18.1 Å². The van der Waals surface area contributed by atoms with E-state index in [1.54, 1.807) is 24.1 Å². The Morgan fingerprint density at radius 3 is 2.37 bits per heavy atom. The van der Waals surface area contributed by atoms with Crippen molar-refractivity contribution in [2.45, 2.75) is 38.6 Å². The maximum absolute atomic E-state index is 13.2. The third-order valence-electron chi connectivity index (χ3n) is 5.54. The first-order valence-corrected chi connectivity index (χ1v) is 11.7. The quantitative estimate of drug-likeness (QED) is 0.706. The van der Waals surface area contributed by atoms with Gasteiger partial charge in [0.25, 0.3) is 5.91 Å². The van der Waals surface area contributed by atoms with Gasteiger partial charge in [-0.05, 0) is 49.1 Å². The largest absolute Gasteiger partial charge is 0.379 e. The van der Waals surface area contributed by atoms with Crippen molar-refractivity contribution < 1.29 is 17.9 Å². The molecule has 2 aromatic carbocycles. The maximum atomic E-state index is 13.2. The monoisotopic (exact) mass is 430 g/mol. The van der Waals surface area contributed by atoms with Crippen molar-refractivity contribution in [1.29, 1.82) is 0 Å². The Bertz CT molecular complexity index is 1030. The average Bonchev–Trinajstić information content (AvgIpc) is 2.75. The summed E-state index contributed by atoms with van der Waals surface area (Å²) < 4.78 is 33.2. The van der Waals surface area contributed by atoms with Gasteiger partial charge in [-0.1, -0.05) is 36.8 Å². The fraction of sp³-hybridized carbons (Fsp3) is 0.435. The minimum atomic E-state index is -3.67. The Morgan fingerprint density at radius 1 is 1.07 bits per heavy atom. The van der Waals surface area contributed by atoms with Crippen LogP contribution < -0.4 is 0 Å². The number of amides is 1. The predicted molar refractivity (Wildman–Crippen MR) is 117 cm³/mol. The third-order valence-corrected chi connectivity index (χ3v) is 7.52. The Kier molecular flexibility index (Phi) is 6.95. The van der Waals surface area contributed by atoms with Crippen molar-refractivity contribution in [2.75, 3.05) is 33.4 Å². The van der Waals surface area contributed by atoms with Crippen LogP contribution in [-0.2, 0) is 27.7 Å². The van der Waals surface area contributed by atoms with E-state index in [2.05, 4.69) is 6.07 Å². The molecule has 0 radical (unpaired) electrons. The van der Waals surface area contributed by atoms with Crippen molar-refractivity contribution in [3.8, 4) is 0 Å². The second-order valence-corrected chi connectivity index (χ2v) is 9.69. The van der Waals surface area contributed by atoms with Gasteiger partial charge in [0.1, 0.15) is 0 Å². The van der Waals surface area contributed by atoms with E-state index in [1.807, 2.05) is 32.9 Å². The van der Waals surface area contributed by atoms with Gasteiger partial charge in [0.15, 0.2) is 0 Å². The van der Waals surface area contributed by atoms with Crippen LogP contribution in [0, 0.1) is 13.8 Å². The Balaban J connectivity index is 1.88. The molecule has 0 N–H and O–H groups in total. The predicted octanol–water partition coefficient (Wildman–Crippen LogP) is 3.16. The van der Waals surface area contributed by atoms with E-state index in [1.165, 1.54) is 15.9 Å². The molecule has 0 aromatic heterocycles. The summed E-state index contributed by atoms with van der Waals surface area (Å²) in [5.41, 5.74) is 4.48. The normalized spacial score (nSPS) is 15.2. The highest BCUT2D eigenvalue weighted by Crippen LogP contribution is 2.24. The van der Waals surface area contributed by atoms with Crippen LogP contribution in [0.25, 0.3) is 0 Å². The molecule has 6 nitrogen and oxygen atoms in total. The molecule has 0 unspecified atom stereocenters. The zero-order valence-corrected chi connectivity index (χ0v) is 19.0. The Labute approximate surface area is 179 Å². The van der Waals surface area contributed by atoms with Crippen molar-refractivity contribution in [2.24, 2.45) is 0 Å². The highest BCUT2D eigenvalue weighted by Gasteiger charge is 2.29. The highest BCUT2D eigenvalue weighted by atomic mass is 32.2. The van der Waals surface area contributed by atoms with Crippen LogP contribution in [0.2, 0.25) is 0 Å². The molecule has 30 heavy (non-hydrogen) atoms. The van der Waals surface area contributed by atoms with Crippen LogP contribution in [0.15, 0.2) is 41.3 Å². The molecule has 162 valence electrons. The zero-order valence-electron chi connectivity index (χ0n) is 18.1. The lowest BCUT2D eigenvalue weighted by Crippen LogP contribution is -2.41. The number of hydrogen-bond donors (Lipinski definition) is 0. The maximum Gasteiger partial charge on any atom is 0.253 e. The lowest BCUT2D eigenvalue weighted by Gasteiger charge is -2.27. The molecular weight excluding hydrogens is 400 g/mol. The molecule has 1 aliphatic heterocycles. The van der Waals surface area contributed by atoms with E-state index >= 15 is 0 Å². The summed E-state index contributed by atoms with van der Waals surface area (Å²) in [4.78, 5) is 14.9. The zero-order chi connectivity index (χ0) is 21.9. The minimum absolute atomic E-state index is 0.198. The average molecular weight is 431 g/mol. The first kappa shape index (κ1) is 22.5. The molecule has 0 aliphatic carbocycles. The number of nitrogens with zero attached hydrogens (tertiary/aromatic N) is 2. The number of morpholine rings is 1. The fourth-order valence-electron chi connectivity index (χ4n) is 3.72. The number of sulfonamides is 1. The van der Waals surface area contributed by atoms with E-state index in [0.29, 0.717) is 44.8 Å². The summed E-state index contributed by atoms with van der Waals surface area (Å²) in [5.74, 6) is -0.198. The molecule has 1 amide bonds. The van der Waals surface area contributed by atoms with Gasteiger partial charge in [0.2, 0.25) is 10.0 Å². The molecule has 0 spiro atoms. The van der Waals surface area contributed by atoms with Gasteiger partial charge < -0.3 is 9.64 Å². The molecule has 1 fully saturated rings. The van der Waals surface area contributed by atoms with Gasteiger partial charge >= 0.3 is 0 Å².